The molecular formula is C23H15Cl4FN2O3S2. The summed E-state index contributed by atoms with van der Waals surface area (Å²) in [6.07, 6.45) is 4.22. The molecule has 4 aromatic rings. The molecule has 0 aliphatic carbocycles. The molecule has 2 heterocycles. The first-order chi connectivity index (χ1) is 16.4. The van der Waals surface area contributed by atoms with E-state index in [0.717, 1.165) is 34.6 Å². The quantitative estimate of drug-likeness (QED) is 0.239. The third-order valence-corrected chi connectivity index (χ3v) is 9.33. The Morgan fingerprint density at radius 1 is 1.11 bits per heavy atom. The standard InChI is InChI=1S/C23H15Cl4FN2O3S2/c1-12-10-30(11-14-2-4-15(24)7-18(14)25)22-13(6-16(28)8-17(12)22)3-5-20(31)29-35(32,33)21-9-19(26)23(27)34-21/h2-10H,11H2,1H3,(H,29,31). The van der Waals surface area contributed by atoms with E-state index in [-0.39, 0.29) is 13.6 Å². The fourth-order valence-corrected chi connectivity index (χ4v) is 6.83. The summed E-state index contributed by atoms with van der Waals surface area (Å²) in [5.74, 6) is -1.42. The molecule has 0 saturated carbocycles. The Kier molecular flexibility index (Phi) is 7.52. The Morgan fingerprint density at radius 2 is 1.86 bits per heavy atom. The van der Waals surface area contributed by atoms with E-state index >= 15 is 0 Å². The molecule has 182 valence electrons. The number of nitrogens with one attached hydrogen (secondary N) is 1. The number of nitrogens with zero attached hydrogens (tertiary/aromatic N) is 1. The summed E-state index contributed by atoms with van der Waals surface area (Å²) in [6, 6.07) is 8.97. The number of carbonyl (C=O) groups excluding carboxylic acids is 1. The maximum atomic E-state index is 14.4. The van der Waals surface area contributed by atoms with Crippen molar-refractivity contribution in [1.82, 2.24) is 9.29 Å². The van der Waals surface area contributed by atoms with Crippen LogP contribution in [0.1, 0.15) is 16.7 Å². The number of rotatable bonds is 6. The van der Waals surface area contributed by atoms with Gasteiger partial charge in [-0.25, -0.2) is 17.5 Å². The third-order valence-electron chi connectivity index (χ3n) is 5.06. The molecule has 0 aliphatic rings. The molecule has 2 aromatic heterocycles. The second-order valence-corrected chi connectivity index (χ2v) is 12.4. The van der Waals surface area contributed by atoms with Crippen LogP contribution in [0.15, 0.2) is 52.9 Å². The van der Waals surface area contributed by atoms with Crippen molar-refractivity contribution in [1.29, 1.82) is 0 Å². The van der Waals surface area contributed by atoms with Gasteiger partial charge in [0, 0.05) is 39.8 Å². The van der Waals surface area contributed by atoms with Gasteiger partial charge in [0.05, 0.1) is 10.5 Å². The van der Waals surface area contributed by atoms with E-state index in [1.807, 2.05) is 22.4 Å². The Hall–Kier alpha value is -2.07. The zero-order chi connectivity index (χ0) is 25.5. The van der Waals surface area contributed by atoms with Gasteiger partial charge in [-0.05, 0) is 54.5 Å². The molecule has 12 heteroatoms. The van der Waals surface area contributed by atoms with Gasteiger partial charge in [0.15, 0.2) is 0 Å². The number of aromatic nitrogens is 1. The fourth-order valence-electron chi connectivity index (χ4n) is 3.54. The van der Waals surface area contributed by atoms with Gasteiger partial charge < -0.3 is 4.57 Å². The van der Waals surface area contributed by atoms with Crippen molar-refractivity contribution in [3.8, 4) is 0 Å². The molecule has 0 atom stereocenters. The molecule has 0 unspecified atom stereocenters. The number of sulfonamides is 1. The van der Waals surface area contributed by atoms with Crippen LogP contribution >= 0.6 is 57.7 Å². The molecule has 0 bridgehead atoms. The predicted molar refractivity (Wildman–Crippen MR) is 141 cm³/mol. The first-order valence-corrected chi connectivity index (χ1v) is 13.7. The molecule has 1 N–H and O–H groups in total. The lowest BCUT2D eigenvalue weighted by Gasteiger charge is -2.10. The number of fused-ring (bicyclic) bond motifs is 1. The lowest BCUT2D eigenvalue weighted by Crippen LogP contribution is -2.28. The lowest BCUT2D eigenvalue weighted by molar-refractivity contribution is -0.114. The number of amides is 1. The minimum absolute atomic E-state index is 0.0686. The molecule has 0 radical (unpaired) electrons. The van der Waals surface area contributed by atoms with Crippen LogP contribution in [0.3, 0.4) is 0 Å². The molecular weight excluding hydrogens is 577 g/mol. The largest absolute Gasteiger partial charge is 0.342 e. The van der Waals surface area contributed by atoms with E-state index in [4.69, 9.17) is 46.4 Å². The van der Waals surface area contributed by atoms with E-state index in [9.17, 15) is 17.6 Å². The van der Waals surface area contributed by atoms with Crippen LogP contribution in [0.4, 0.5) is 4.39 Å². The summed E-state index contributed by atoms with van der Waals surface area (Å²) in [4.78, 5) is 12.4. The van der Waals surface area contributed by atoms with Crippen molar-refractivity contribution in [2.75, 3.05) is 0 Å². The number of halogens is 5. The van der Waals surface area contributed by atoms with Crippen LogP contribution in [0.5, 0.6) is 0 Å². The molecule has 0 aliphatic heterocycles. The topological polar surface area (TPSA) is 68.2 Å². The monoisotopic (exact) mass is 590 g/mol. The van der Waals surface area contributed by atoms with Crippen LogP contribution < -0.4 is 4.72 Å². The summed E-state index contributed by atoms with van der Waals surface area (Å²) in [7, 11) is -4.18. The van der Waals surface area contributed by atoms with E-state index in [1.165, 1.54) is 18.2 Å². The number of carbonyl (C=O) groups is 1. The summed E-state index contributed by atoms with van der Waals surface area (Å²) < 4.78 is 43.0. The molecule has 0 saturated heterocycles. The number of benzene rings is 2. The highest BCUT2D eigenvalue weighted by atomic mass is 35.5. The highest BCUT2D eigenvalue weighted by Crippen LogP contribution is 2.34. The van der Waals surface area contributed by atoms with Crippen LogP contribution in [-0.4, -0.2) is 18.9 Å². The first kappa shape index (κ1) is 26.0. The number of hydrogen-bond acceptors (Lipinski definition) is 4. The van der Waals surface area contributed by atoms with Gasteiger partial charge >= 0.3 is 0 Å². The zero-order valence-electron chi connectivity index (χ0n) is 17.8. The molecule has 35 heavy (non-hydrogen) atoms. The van der Waals surface area contributed by atoms with Gasteiger partial charge in [-0.3, -0.25) is 4.79 Å². The fraction of sp³-hybridized carbons (Fsp3) is 0.0870. The van der Waals surface area contributed by atoms with Crippen LogP contribution in [0.25, 0.3) is 17.0 Å². The predicted octanol–water partition coefficient (Wildman–Crippen LogP) is 7.33. The third kappa shape index (κ3) is 5.69. The smallest absolute Gasteiger partial charge is 0.273 e. The summed E-state index contributed by atoms with van der Waals surface area (Å²) in [6.45, 7) is 2.21. The average molecular weight is 592 g/mol. The van der Waals surface area contributed by atoms with E-state index in [1.54, 1.807) is 18.2 Å². The van der Waals surface area contributed by atoms with Crippen LogP contribution in [0, 0.1) is 12.7 Å². The first-order valence-electron chi connectivity index (χ1n) is 9.87. The van der Waals surface area contributed by atoms with Crippen LogP contribution in [0.2, 0.25) is 19.4 Å². The van der Waals surface area contributed by atoms with Crippen molar-refractivity contribution in [2.45, 2.75) is 17.7 Å². The van der Waals surface area contributed by atoms with Crippen molar-refractivity contribution in [3.63, 3.8) is 0 Å². The van der Waals surface area contributed by atoms with E-state index in [2.05, 4.69) is 0 Å². The molecule has 0 fully saturated rings. The summed E-state index contributed by atoms with van der Waals surface area (Å²) >= 11 is 24.7. The minimum Gasteiger partial charge on any atom is -0.342 e. The van der Waals surface area contributed by atoms with Crippen molar-refractivity contribution in [2.24, 2.45) is 0 Å². The lowest BCUT2D eigenvalue weighted by atomic mass is 10.1. The van der Waals surface area contributed by atoms with Gasteiger partial charge in [0.2, 0.25) is 0 Å². The molecule has 5 nitrogen and oxygen atoms in total. The van der Waals surface area contributed by atoms with Crippen molar-refractivity contribution < 1.29 is 17.6 Å². The molecule has 0 spiro atoms. The maximum absolute atomic E-state index is 14.4. The van der Waals surface area contributed by atoms with Gasteiger partial charge in [-0.15, -0.1) is 11.3 Å². The Labute approximate surface area is 224 Å². The Bertz CT molecular complexity index is 1590. The van der Waals surface area contributed by atoms with Crippen molar-refractivity contribution in [3.05, 3.63) is 90.6 Å². The minimum atomic E-state index is -4.18. The number of thiophene rings is 1. The number of aryl methyl sites for hydroxylation is 1. The Morgan fingerprint density at radius 3 is 2.51 bits per heavy atom. The molecule has 4 rings (SSSR count). The SMILES string of the molecule is Cc1cn(Cc2ccc(Cl)cc2Cl)c2c(C=CC(=O)NS(=O)(=O)c3cc(Cl)c(Cl)s3)cc(F)cc12. The highest BCUT2D eigenvalue weighted by Gasteiger charge is 2.21. The maximum Gasteiger partial charge on any atom is 0.273 e. The second-order valence-electron chi connectivity index (χ2n) is 7.56. The molecule has 1 amide bonds. The normalized spacial score (nSPS) is 12.1. The summed E-state index contributed by atoms with van der Waals surface area (Å²) in [5, 5.41) is 1.70. The van der Waals surface area contributed by atoms with Crippen LogP contribution in [-0.2, 0) is 21.4 Å². The second kappa shape index (κ2) is 10.1. The molecule has 2 aromatic carbocycles. The average Bonchev–Trinajstić information content (AvgIpc) is 3.27. The van der Waals surface area contributed by atoms with E-state index in [0.29, 0.717) is 33.1 Å². The highest BCUT2D eigenvalue weighted by molar-refractivity contribution is 7.92. The van der Waals surface area contributed by atoms with Crippen molar-refractivity contribution >= 4 is 90.6 Å². The van der Waals surface area contributed by atoms with Gasteiger partial charge in [0.25, 0.3) is 15.9 Å². The van der Waals surface area contributed by atoms with E-state index < -0.39 is 21.7 Å². The van der Waals surface area contributed by atoms with Gasteiger partial charge in [-0.1, -0.05) is 52.5 Å². The summed E-state index contributed by atoms with van der Waals surface area (Å²) in [5.41, 5.74) is 2.65. The van der Waals surface area contributed by atoms with Gasteiger partial charge in [-0.2, -0.15) is 0 Å². The zero-order valence-corrected chi connectivity index (χ0v) is 22.4. The van der Waals surface area contributed by atoms with Gasteiger partial charge in [0.1, 0.15) is 14.4 Å². The Balaban J connectivity index is 1.67. The number of hydrogen-bond donors (Lipinski definition) is 1.